The van der Waals surface area contributed by atoms with E-state index in [4.69, 9.17) is 11.6 Å². The lowest BCUT2D eigenvalue weighted by Gasteiger charge is -2.09. The highest BCUT2D eigenvalue weighted by molar-refractivity contribution is 6.31. The van der Waals surface area contributed by atoms with E-state index in [1.54, 1.807) is 0 Å². The van der Waals surface area contributed by atoms with Gasteiger partial charge in [0.1, 0.15) is 6.04 Å². The Kier molecular flexibility index (Phi) is 3.33. The third-order valence-corrected chi connectivity index (χ3v) is 3.04. The third-order valence-electron chi connectivity index (χ3n) is 2.63. The van der Waals surface area contributed by atoms with Gasteiger partial charge in [0.25, 0.3) is 5.91 Å². The number of rotatable bonds is 2. The maximum Gasteiger partial charge on any atom is 0.253 e. The highest BCUT2D eigenvalue weighted by Gasteiger charge is 2.29. The van der Waals surface area contributed by atoms with E-state index in [1.807, 2.05) is 32.0 Å². The molecule has 1 fully saturated rings. The van der Waals surface area contributed by atoms with Crippen LogP contribution in [0.15, 0.2) is 23.2 Å². The van der Waals surface area contributed by atoms with Gasteiger partial charge in [0.05, 0.1) is 0 Å². The molecular formula is C12H14ClN3O. The highest BCUT2D eigenvalue weighted by Crippen LogP contribution is 2.23. The van der Waals surface area contributed by atoms with Crippen LogP contribution in [0.1, 0.15) is 24.1 Å². The van der Waals surface area contributed by atoms with E-state index in [2.05, 4.69) is 15.6 Å². The Bertz CT molecular complexity index is 485. The van der Waals surface area contributed by atoms with Crippen LogP contribution in [0, 0.1) is 6.92 Å². The minimum absolute atomic E-state index is 0.0999. The van der Waals surface area contributed by atoms with Gasteiger partial charge in [-0.1, -0.05) is 23.7 Å². The van der Waals surface area contributed by atoms with Crippen LogP contribution in [-0.2, 0) is 4.79 Å². The predicted octanol–water partition coefficient (Wildman–Crippen LogP) is 1.78. The second-order valence-corrected chi connectivity index (χ2v) is 4.31. The van der Waals surface area contributed by atoms with Gasteiger partial charge in [-0.25, -0.2) is 0 Å². The van der Waals surface area contributed by atoms with E-state index in [0.29, 0.717) is 17.5 Å². The lowest BCUT2D eigenvalue weighted by molar-refractivity contribution is -0.120. The first kappa shape index (κ1) is 11.9. The molecule has 1 unspecified atom stereocenters. The maximum absolute atomic E-state index is 11.8. The summed E-state index contributed by atoms with van der Waals surface area (Å²) in [6.07, 6.45) is 0. The topological polar surface area (TPSA) is 53.5 Å². The summed E-state index contributed by atoms with van der Waals surface area (Å²) < 4.78 is 0. The Morgan fingerprint density at radius 2 is 2.24 bits per heavy atom. The van der Waals surface area contributed by atoms with Crippen molar-refractivity contribution in [1.82, 2.24) is 10.6 Å². The van der Waals surface area contributed by atoms with Crippen LogP contribution in [0.5, 0.6) is 0 Å². The molecule has 2 N–H and O–H groups in total. The molecule has 17 heavy (non-hydrogen) atoms. The average Bonchev–Trinajstić information content (AvgIpc) is 2.64. The normalized spacial score (nSPS) is 21.5. The fourth-order valence-electron chi connectivity index (χ4n) is 1.69. The van der Waals surface area contributed by atoms with Crippen molar-refractivity contribution in [2.75, 3.05) is 6.54 Å². The number of amides is 1. The van der Waals surface area contributed by atoms with Gasteiger partial charge >= 0.3 is 0 Å². The average molecular weight is 252 g/mol. The first-order chi connectivity index (χ1) is 8.11. The van der Waals surface area contributed by atoms with Gasteiger partial charge in [-0.2, -0.15) is 0 Å². The summed E-state index contributed by atoms with van der Waals surface area (Å²) in [5.74, 6) is 0.427. The Morgan fingerprint density at radius 3 is 2.88 bits per heavy atom. The molecule has 0 aromatic heterocycles. The molecule has 5 heteroatoms. The zero-order chi connectivity index (χ0) is 12.4. The maximum atomic E-state index is 11.8. The van der Waals surface area contributed by atoms with Crippen molar-refractivity contribution in [1.29, 1.82) is 0 Å². The van der Waals surface area contributed by atoms with E-state index in [-0.39, 0.29) is 5.91 Å². The number of guanidine groups is 1. The summed E-state index contributed by atoms with van der Waals surface area (Å²) in [6, 6.07) is 5.20. The zero-order valence-corrected chi connectivity index (χ0v) is 10.5. The number of halogens is 1. The standard InChI is InChI=1S/C12H14ClN3O/c1-3-14-12-15-10(11(17)16-12)8-5-4-7(2)9(13)6-8/h4-6,10H,3H2,1-2H3,(H2,14,15,16,17). The van der Waals surface area contributed by atoms with E-state index >= 15 is 0 Å². The molecular weight excluding hydrogens is 238 g/mol. The van der Waals surface area contributed by atoms with Crippen molar-refractivity contribution in [3.63, 3.8) is 0 Å². The summed E-state index contributed by atoms with van der Waals surface area (Å²) in [5.41, 5.74) is 1.84. The smallest absolute Gasteiger partial charge is 0.253 e. The van der Waals surface area contributed by atoms with Crippen LogP contribution in [0.4, 0.5) is 0 Å². The lowest BCUT2D eigenvalue weighted by atomic mass is 10.1. The van der Waals surface area contributed by atoms with E-state index in [0.717, 1.165) is 11.1 Å². The number of benzene rings is 1. The minimum Gasteiger partial charge on any atom is -0.340 e. The van der Waals surface area contributed by atoms with Crippen LogP contribution in [0.2, 0.25) is 5.02 Å². The fraction of sp³-hybridized carbons (Fsp3) is 0.333. The highest BCUT2D eigenvalue weighted by atomic mass is 35.5. The van der Waals surface area contributed by atoms with Crippen LogP contribution < -0.4 is 10.6 Å². The number of carbonyl (C=O) groups is 1. The van der Waals surface area contributed by atoms with Crippen LogP contribution in [0.25, 0.3) is 0 Å². The molecule has 1 amide bonds. The van der Waals surface area contributed by atoms with Gasteiger partial charge in [-0.3, -0.25) is 15.1 Å². The molecule has 1 atom stereocenters. The molecule has 1 aromatic rings. The summed E-state index contributed by atoms with van der Waals surface area (Å²) in [4.78, 5) is 15.9. The summed E-state index contributed by atoms with van der Waals surface area (Å²) >= 11 is 6.05. The first-order valence-corrected chi connectivity index (χ1v) is 5.87. The molecule has 0 spiro atoms. The molecule has 1 saturated heterocycles. The predicted molar refractivity (Wildman–Crippen MR) is 68.2 cm³/mol. The summed E-state index contributed by atoms with van der Waals surface area (Å²) in [7, 11) is 0. The van der Waals surface area contributed by atoms with Gasteiger partial charge in [-0.05, 0) is 31.0 Å². The zero-order valence-electron chi connectivity index (χ0n) is 9.75. The molecule has 0 aliphatic carbocycles. The van der Waals surface area contributed by atoms with Crippen LogP contribution >= 0.6 is 11.6 Å². The van der Waals surface area contributed by atoms with Crippen LogP contribution in [0.3, 0.4) is 0 Å². The Hall–Kier alpha value is -1.55. The molecule has 1 aliphatic rings. The molecule has 0 radical (unpaired) electrons. The number of aryl methyl sites for hydroxylation is 1. The molecule has 0 saturated carbocycles. The van der Waals surface area contributed by atoms with Gasteiger partial charge < -0.3 is 5.32 Å². The molecule has 1 heterocycles. The van der Waals surface area contributed by atoms with E-state index in [9.17, 15) is 4.79 Å². The van der Waals surface area contributed by atoms with E-state index in [1.165, 1.54) is 0 Å². The van der Waals surface area contributed by atoms with E-state index < -0.39 is 6.04 Å². The minimum atomic E-state index is -0.404. The number of hydrogen-bond donors (Lipinski definition) is 2. The third kappa shape index (κ3) is 2.42. The van der Waals surface area contributed by atoms with Crippen molar-refractivity contribution in [3.8, 4) is 0 Å². The number of hydrogen-bond acceptors (Lipinski definition) is 2. The van der Waals surface area contributed by atoms with Gasteiger partial charge in [-0.15, -0.1) is 0 Å². The Labute approximate surface area is 105 Å². The molecule has 0 bridgehead atoms. The van der Waals surface area contributed by atoms with Crippen molar-refractivity contribution in [2.45, 2.75) is 19.9 Å². The molecule has 2 rings (SSSR count). The number of aliphatic imine (C=N–C) groups is 1. The van der Waals surface area contributed by atoms with Crippen molar-refractivity contribution in [2.24, 2.45) is 4.99 Å². The van der Waals surface area contributed by atoms with Crippen LogP contribution in [-0.4, -0.2) is 18.4 Å². The molecule has 4 nitrogen and oxygen atoms in total. The Morgan fingerprint density at radius 1 is 1.47 bits per heavy atom. The number of nitrogens with zero attached hydrogens (tertiary/aromatic N) is 1. The SMILES string of the molecule is CCN=C1NC(=O)C(c2ccc(C)c(Cl)c2)N1. The number of nitrogens with one attached hydrogen (secondary N) is 2. The molecule has 1 aliphatic heterocycles. The van der Waals surface area contributed by atoms with Gasteiger partial charge in [0.15, 0.2) is 5.96 Å². The second-order valence-electron chi connectivity index (χ2n) is 3.90. The number of carbonyl (C=O) groups excluding carboxylic acids is 1. The largest absolute Gasteiger partial charge is 0.340 e. The summed E-state index contributed by atoms with van der Waals surface area (Å²) in [6.45, 7) is 4.47. The second kappa shape index (κ2) is 4.75. The molecule has 1 aromatic carbocycles. The Balaban J connectivity index is 2.26. The van der Waals surface area contributed by atoms with Crippen molar-refractivity contribution in [3.05, 3.63) is 34.3 Å². The molecule has 90 valence electrons. The fourth-order valence-corrected chi connectivity index (χ4v) is 1.88. The first-order valence-electron chi connectivity index (χ1n) is 5.49. The monoisotopic (exact) mass is 251 g/mol. The van der Waals surface area contributed by atoms with Gasteiger partial charge in [0.2, 0.25) is 0 Å². The lowest BCUT2D eigenvalue weighted by Crippen LogP contribution is -2.25. The van der Waals surface area contributed by atoms with Gasteiger partial charge in [0, 0.05) is 11.6 Å². The quantitative estimate of drug-likeness (QED) is 0.842. The van der Waals surface area contributed by atoms with Crippen molar-refractivity contribution >= 4 is 23.5 Å². The van der Waals surface area contributed by atoms with Crippen molar-refractivity contribution < 1.29 is 4.79 Å². The summed E-state index contributed by atoms with van der Waals surface area (Å²) in [5, 5.41) is 6.39.